The lowest BCUT2D eigenvalue weighted by atomic mass is 9.80. The molecule has 0 heterocycles. The molecule has 0 spiro atoms. The molecule has 2 aliphatic rings. The van der Waals surface area contributed by atoms with E-state index in [-0.39, 0.29) is 5.91 Å². The highest BCUT2D eigenvalue weighted by atomic mass is 16.3. The molecule has 0 atom stereocenters. The summed E-state index contributed by atoms with van der Waals surface area (Å²) in [6, 6.07) is 6.44. The summed E-state index contributed by atoms with van der Waals surface area (Å²) < 4.78 is 0. The van der Waals surface area contributed by atoms with Gasteiger partial charge in [0.1, 0.15) is 0 Å². The van der Waals surface area contributed by atoms with E-state index in [0.717, 1.165) is 31.2 Å². The number of amides is 1. The van der Waals surface area contributed by atoms with E-state index in [0.29, 0.717) is 13.0 Å². The van der Waals surface area contributed by atoms with E-state index < -0.39 is 5.60 Å². The third-order valence-electron chi connectivity index (χ3n) is 4.68. The minimum Gasteiger partial charge on any atom is -0.388 e. The van der Waals surface area contributed by atoms with Crippen molar-refractivity contribution < 1.29 is 9.90 Å². The first-order valence-corrected chi connectivity index (χ1v) is 7.74. The molecule has 0 saturated heterocycles. The quantitative estimate of drug-likeness (QED) is 0.883. The van der Waals surface area contributed by atoms with Gasteiger partial charge in [0, 0.05) is 6.54 Å². The first-order chi connectivity index (χ1) is 9.65. The molecule has 1 aromatic rings. The summed E-state index contributed by atoms with van der Waals surface area (Å²) >= 11 is 0. The summed E-state index contributed by atoms with van der Waals surface area (Å²) in [5.74, 6) is 0.0149. The Morgan fingerprint density at radius 2 is 1.90 bits per heavy atom. The monoisotopic (exact) mass is 273 g/mol. The molecule has 3 rings (SSSR count). The minimum atomic E-state index is -0.633. The van der Waals surface area contributed by atoms with Crippen LogP contribution in [0.1, 0.15) is 48.8 Å². The van der Waals surface area contributed by atoms with Gasteiger partial charge in [0.15, 0.2) is 0 Å². The lowest BCUT2D eigenvalue weighted by Gasteiger charge is -2.36. The highest BCUT2D eigenvalue weighted by Gasteiger charge is 2.34. The number of aryl methyl sites for hydroxylation is 2. The van der Waals surface area contributed by atoms with Crippen LogP contribution in [0.25, 0.3) is 0 Å². The third kappa shape index (κ3) is 3.04. The number of hydrogen-bond acceptors (Lipinski definition) is 2. The van der Waals surface area contributed by atoms with E-state index in [4.69, 9.17) is 0 Å². The zero-order valence-corrected chi connectivity index (χ0v) is 12.0. The molecule has 3 nitrogen and oxygen atoms in total. The van der Waals surface area contributed by atoms with Crippen LogP contribution in [0.4, 0.5) is 0 Å². The number of fused-ring (bicyclic) bond motifs is 1. The Balaban J connectivity index is 1.55. The fourth-order valence-electron chi connectivity index (χ4n) is 3.17. The Bertz CT molecular complexity index is 506. The van der Waals surface area contributed by atoms with Crippen molar-refractivity contribution in [3.8, 4) is 0 Å². The van der Waals surface area contributed by atoms with Crippen LogP contribution in [0.15, 0.2) is 18.2 Å². The molecule has 1 amide bonds. The molecule has 108 valence electrons. The van der Waals surface area contributed by atoms with Crippen LogP contribution < -0.4 is 5.32 Å². The number of aliphatic hydroxyl groups is 1. The smallest absolute Gasteiger partial charge is 0.224 e. The minimum absolute atomic E-state index is 0.0149. The molecule has 0 aromatic heterocycles. The summed E-state index contributed by atoms with van der Waals surface area (Å²) in [4.78, 5) is 11.9. The topological polar surface area (TPSA) is 49.3 Å². The Morgan fingerprint density at radius 3 is 2.60 bits per heavy atom. The Labute approximate surface area is 120 Å². The van der Waals surface area contributed by atoms with Crippen molar-refractivity contribution in [1.82, 2.24) is 5.32 Å². The average molecular weight is 273 g/mol. The second-order valence-corrected chi connectivity index (χ2v) is 6.34. The van der Waals surface area contributed by atoms with Gasteiger partial charge in [0.05, 0.1) is 12.0 Å². The number of benzene rings is 1. The van der Waals surface area contributed by atoms with Gasteiger partial charge in [0.2, 0.25) is 5.91 Å². The van der Waals surface area contributed by atoms with Crippen LogP contribution >= 0.6 is 0 Å². The van der Waals surface area contributed by atoms with Crippen molar-refractivity contribution in [3.63, 3.8) is 0 Å². The van der Waals surface area contributed by atoms with Crippen molar-refractivity contribution >= 4 is 5.91 Å². The van der Waals surface area contributed by atoms with Gasteiger partial charge in [-0.15, -0.1) is 0 Å². The number of carbonyl (C=O) groups excluding carboxylic acids is 1. The van der Waals surface area contributed by atoms with Crippen LogP contribution in [0.2, 0.25) is 0 Å². The van der Waals surface area contributed by atoms with E-state index in [1.807, 2.05) is 0 Å². The lowest BCUT2D eigenvalue weighted by molar-refractivity contribution is -0.122. The normalized spacial score (nSPS) is 19.9. The molecule has 20 heavy (non-hydrogen) atoms. The Hall–Kier alpha value is -1.35. The first-order valence-electron chi connectivity index (χ1n) is 7.74. The van der Waals surface area contributed by atoms with Crippen LogP contribution in [-0.2, 0) is 24.1 Å². The average Bonchev–Trinajstić information content (AvgIpc) is 2.43. The molecular weight excluding hydrogens is 250 g/mol. The highest BCUT2D eigenvalue weighted by molar-refractivity contribution is 5.78. The second kappa shape index (κ2) is 5.57. The molecule has 2 N–H and O–H groups in total. The Morgan fingerprint density at radius 1 is 1.15 bits per heavy atom. The largest absolute Gasteiger partial charge is 0.388 e. The second-order valence-electron chi connectivity index (χ2n) is 6.34. The molecule has 0 unspecified atom stereocenters. The van der Waals surface area contributed by atoms with Gasteiger partial charge in [0.25, 0.3) is 0 Å². The number of rotatable bonds is 4. The van der Waals surface area contributed by atoms with Gasteiger partial charge in [-0.3, -0.25) is 4.79 Å². The molecule has 1 saturated carbocycles. The molecule has 1 fully saturated rings. The van der Waals surface area contributed by atoms with E-state index in [9.17, 15) is 9.90 Å². The maximum absolute atomic E-state index is 11.9. The summed E-state index contributed by atoms with van der Waals surface area (Å²) in [7, 11) is 0. The highest BCUT2D eigenvalue weighted by Crippen LogP contribution is 2.30. The Kier molecular flexibility index (Phi) is 3.79. The van der Waals surface area contributed by atoms with Crippen LogP contribution in [-0.4, -0.2) is 23.2 Å². The summed E-state index contributed by atoms with van der Waals surface area (Å²) in [6.07, 6.45) is 7.97. The van der Waals surface area contributed by atoms with Gasteiger partial charge in [-0.05, 0) is 61.6 Å². The molecule has 0 bridgehead atoms. The first kappa shape index (κ1) is 13.6. The zero-order chi connectivity index (χ0) is 14.0. The van der Waals surface area contributed by atoms with E-state index in [1.54, 1.807) is 0 Å². The fourth-order valence-corrected chi connectivity index (χ4v) is 3.17. The fraction of sp³-hybridized carbons (Fsp3) is 0.588. The van der Waals surface area contributed by atoms with Crippen molar-refractivity contribution in [1.29, 1.82) is 0 Å². The number of nitrogens with one attached hydrogen (secondary N) is 1. The zero-order valence-electron chi connectivity index (χ0n) is 12.0. The van der Waals surface area contributed by atoms with Crippen molar-refractivity contribution in [2.75, 3.05) is 6.54 Å². The molecule has 0 aliphatic heterocycles. The maximum Gasteiger partial charge on any atom is 0.224 e. The summed E-state index contributed by atoms with van der Waals surface area (Å²) in [5.41, 5.74) is 3.32. The number of carbonyl (C=O) groups is 1. The SMILES string of the molecule is O=C(Cc1ccc2c(c1)CCCC2)NCC1(O)CCC1. The van der Waals surface area contributed by atoms with Gasteiger partial charge in [-0.2, -0.15) is 0 Å². The molecule has 1 aromatic carbocycles. The summed E-state index contributed by atoms with van der Waals surface area (Å²) in [5, 5.41) is 12.8. The molecule has 2 aliphatic carbocycles. The lowest BCUT2D eigenvalue weighted by Crippen LogP contribution is -2.48. The van der Waals surface area contributed by atoms with Crippen molar-refractivity contribution in [2.45, 2.75) is 57.0 Å². The van der Waals surface area contributed by atoms with Crippen LogP contribution in [0.3, 0.4) is 0 Å². The van der Waals surface area contributed by atoms with Crippen LogP contribution in [0, 0.1) is 0 Å². The van der Waals surface area contributed by atoms with E-state index in [1.165, 1.54) is 30.4 Å². The van der Waals surface area contributed by atoms with Gasteiger partial charge in [-0.1, -0.05) is 18.2 Å². The standard InChI is InChI=1S/C17H23NO2/c19-16(18-12-17(20)8-3-9-17)11-13-6-7-14-4-1-2-5-15(14)10-13/h6-7,10,20H,1-5,8-9,11-12H2,(H,18,19). The van der Waals surface area contributed by atoms with Gasteiger partial charge >= 0.3 is 0 Å². The molecular formula is C17H23NO2. The molecule has 0 radical (unpaired) electrons. The number of hydrogen-bond donors (Lipinski definition) is 2. The van der Waals surface area contributed by atoms with E-state index in [2.05, 4.69) is 23.5 Å². The van der Waals surface area contributed by atoms with E-state index >= 15 is 0 Å². The van der Waals surface area contributed by atoms with Crippen LogP contribution in [0.5, 0.6) is 0 Å². The van der Waals surface area contributed by atoms with Gasteiger partial charge < -0.3 is 10.4 Å². The predicted octanol–water partition coefficient (Wildman–Crippen LogP) is 2.14. The van der Waals surface area contributed by atoms with Crippen molar-refractivity contribution in [3.05, 3.63) is 34.9 Å². The van der Waals surface area contributed by atoms with Gasteiger partial charge in [-0.25, -0.2) is 0 Å². The maximum atomic E-state index is 11.9. The molecule has 3 heteroatoms. The predicted molar refractivity (Wildman–Crippen MR) is 78.6 cm³/mol. The summed E-state index contributed by atoms with van der Waals surface area (Å²) in [6.45, 7) is 0.400. The third-order valence-corrected chi connectivity index (χ3v) is 4.68. The van der Waals surface area contributed by atoms with Crippen molar-refractivity contribution in [2.24, 2.45) is 0 Å².